The van der Waals surface area contributed by atoms with Crippen LogP contribution in [0.4, 0.5) is 0 Å². The fourth-order valence-corrected chi connectivity index (χ4v) is 12.2. The van der Waals surface area contributed by atoms with E-state index in [2.05, 4.69) is 238 Å². The van der Waals surface area contributed by atoms with Crippen LogP contribution in [0.25, 0.3) is 177 Å². The van der Waals surface area contributed by atoms with Crippen LogP contribution >= 0.6 is 0 Å². The predicted octanol–water partition coefficient (Wildman–Crippen LogP) is 17.5. The lowest BCUT2D eigenvalue weighted by molar-refractivity contribution is 1.04. The number of hydrogen-bond donors (Lipinski definition) is 0. The molecule has 10 heterocycles. The normalized spacial score (nSPS) is 11.5. The van der Waals surface area contributed by atoms with Crippen molar-refractivity contribution in [2.24, 2.45) is 0 Å². The fourth-order valence-electron chi connectivity index (χ4n) is 12.2. The molecule has 0 aliphatic heterocycles. The van der Waals surface area contributed by atoms with Crippen LogP contribution in [-0.2, 0) is 0 Å². The average molecular weight is 1180 g/mol. The third kappa shape index (κ3) is 10.0. The summed E-state index contributed by atoms with van der Waals surface area (Å²) in [5.41, 5.74) is 21.5. The van der Waals surface area contributed by atoms with Crippen LogP contribution in [0.5, 0.6) is 0 Å². The van der Waals surface area contributed by atoms with E-state index in [-0.39, 0.29) is 0 Å². The summed E-state index contributed by atoms with van der Waals surface area (Å²) < 4.78 is 0. The molecule has 10 aromatic heterocycles. The van der Waals surface area contributed by atoms with Gasteiger partial charge in [0.25, 0.3) is 0 Å². The molecule has 0 aliphatic carbocycles. The Morgan fingerprint density at radius 3 is 1.04 bits per heavy atom. The Morgan fingerprint density at radius 1 is 0.207 bits per heavy atom. The van der Waals surface area contributed by atoms with Crippen LogP contribution < -0.4 is 0 Å². The van der Waals surface area contributed by atoms with E-state index in [4.69, 9.17) is 19.9 Å². The molecular formula is C78H46N14. The first-order chi connectivity index (χ1) is 45.5. The average Bonchev–Trinajstić information content (AvgIpc) is 0.818. The molecule has 18 aromatic rings. The highest BCUT2D eigenvalue weighted by Gasteiger charge is 2.15. The van der Waals surface area contributed by atoms with Crippen molar-refractivity contribution in [1.82, 2.24) is 69.8 Å². The SMILES string of the molecule is c1cnc2c(c1)cc(-c1ccc(-c3ccc4ccc(-c5ccc6ccc(-c7ncncn7)nc6c5)cc4n3)cc1)c1cccnc12.c1cnc2c(c1)ccc1c(-c3ccc(-c4ccc5ccc(-c6ccc7ccc(-c8ncncn8)nc7c6)cc5n4)cc3)ccnc12. The van der Waals surface area contributed by atoms with Crippen molar-refractivity contribution in [2.75, 3.05) is 0 Å². The summed E-state index contributed by atoms with van der Waals surface area (Å²) >= 11 is 0. The van der Waals surface area contributed by atoms with Crippen molar-refractivity contribution < 1.29 is 0 Å². The summed E-state index contributed by atoms with van der Waals surface area (Å²) in [6.45, 7) is 0. The van der Waals surface area contributed by atoms with E-state index >= 15 is 0 Å². The number of hydrogen-bond acceptors (Lipinski definition) is 14. The van der Waals surface area contributed by atoms with Gasteiger partial charge in [0, 0.05) is 79.0 Å². The molecule has 0 spiro atoms. The van der Waals surface area contributed by atoms with Gasteiger partial charge in [-0.2, -0.15) is 0 Å². The number of fused-ring (bicyclic) bond motifs is 10. The Bertz CT molecular complexity index is 5870. The maximum absolute atomic E-state index is 5.08. The summed E-state index contributed by atoms with van der Waals surface area (Å²) in [6, 6.07) is 79.7. The summed E-state index contributed by atoms with van der Waals surface area (Å²) in [6.07, 6.45) is 13.3. The van der Waals surface area contributed by atoms with Crippen molar-refractivity contribution in [3.63, 3.8) is 0 Å². The van der Waals surface area contributed by atoms with Gasteiger partial charge < -0.3 is 0 Å². The van der Waals surface area contributed by atoms with Gasteiger partial charge in [-0.3, -0.25) is 19.9 Å². The molecule has 0 amide bonds. The Balaban J connectivity index is 0.000000141. The van der Waals surface area contributed by atoms with Gasteiger partial charge in [0.15, 0.2) is 11.6 Å². The van der Waals surface area contributed by atoms with Crippen LogP contribution in [0.2, 0.25) is 0 Å². The van der Waals surface area contributed by atoms with Gasteiger partial charge in [-0.15, -0.1) is 0 Å². The minimum Gasteiger partial charge on any atom is -0.254 e. The highest BCUT2D eigenvalue weighted by Crippen LogP contribution is 2.37. The minimum absolute atomic E-state index is 0.553. The zero-order valence-corrected chi connectivity index (χ0v) is 48.8. The Morgan fingerprint density at radius 2 is 0.554 bits per heavy atom. The standard InChI is InChI=1S/2C39H23N7/c1-3-30-19-32(31-4-2-18-42-38(31)37(30)41-17-1)24-5-7-25(8-6-24)33-15-13-26-9-11-28(20-35(26)45-33)29-12-10-27-14-16-34(46-36(27)21-29)39-43-22-40-23-44-39;1-2-28-11-14-32-31(17-19-42-38(32)37(28)41-18-1)24-3-5-25(6-4-24)33-15-12-26-7-9-29(20-35(26)45-33)30-10-8-27-13-16-34(46-36(27)21-30)39-43-22-40-23-44-39/h2*1-23H. The molecular weight excluding hydrogens is 1130 g/mol. The Labute approximate surface area is 524 Å². The number of pyridine rings is 8. The lowest BCUT2D eigenvalue weighted by Gasteiger charge is -2.11. The quantitative estimate of drug-likeness (QED) is 0.131. The van der Waals surface area contributed by atoms with Gasteiger partial charge in [-0.1, -0.05) is 152 Å². The largest absolute Gasteiger partial charge is 0.254 e. The third-order valence-corrected chi connectivity index (χ3v) is 16.8. The maximum atomic E-state index is 5.08. The summed E-state index contributed by atoms with van der Waals surface area (Å²) in [4.78, 5) is 63.2. The van der Waals surface area contributed by atoms with E-state index in [1.165, 1.54) is 25.3 Å². The van der Waals surface area contributed by atoms with Crippen molar-refractivity contribution in [3.8, 4) is 90.1 Å². The molecule has 0 saturated heterocycles. The molecule has 0 saturated carbocycles. The summed E-state index contributed by atoms with van der Waals surface area (Å²) in [7, 11) is 0. The smallest absolute Gasteiger partial charge is 0.181 e. The lowest BCUT2D eigenvalue weighted by atomic mass is 9.96. The van der Waals surface area contributed by atoms with E-state index in [0.717, 1.165) is 154 Å². The lowest BCUT2D eigenvalue weighted by Crippen LogP contribution is -1.92. The van der Waals surface area contributed by atoms with E-state index in [0.29, 0.717) is 23.0 Å². The van der Waals surface area contributed by atoms with Gasteiger partial charge in [0.2, 0.25) is 0 Å². The molecule has 0 N–H and O–H groups in total. The molecule has 0 radical (unpaired) electrons. The molecule has 92 heavy (non-hydrogen) atoms. The fraction of sp³-hybridized carbons (Fsp3) is 0. The highest BCUT2D eigenvalue weighted by molar-refractivity contribution is 6.11. The van der Waals surface area contributed by atoms with Crippen LogP contribution in [0.1, 0.15) is 0 Å². The van der Waals surface area contributed by atoms with Gasteiger partial charge in [0.05, 0.1) is 55.5 Å². The van der Waals surface area contributed by atoms with Gasteiger partial charge in [0.1, 0.15) is 36.7 Å². The predicted molar refractivity (Wildman–Crippen MR) is 366 cm³/mol. The van der Waals surface area contributed by atoms with Crippen LogP contribution in [-0.4, -0.2) is 69.8 Å². The zero-order valence-electron chi connectivity index (χ0n) is 48.8. The molecule has 14 heteroatoms. The number of rotatable bonds is 8. The molecule has 428 valence electrons. The van der Waals surface area contributed by atoms with Gasteiger partial charge in [-0.25, -0.2) is 49.8 Å². The third-order valence-electron chi connectivity index (χ3n) is 16.8. The summed E-state index contributed by atoms with van der Waals surface area (Å²) in [5, 5.41) is 8.61. The molecule has 0 fully saturated rings. The van der Waals surface area contributed by atoms with Gasteiger partial charge in [-0.05, 0) is 123 Å². The number of nitrogens with zero attached hydrogens (tertiary/aromatic N) is 14. The Kier molecular flexibility index (Phi) is 13.1. The topological polar surface area (TPSA) is 180 Å². The number of aromatic nitrogens is 14. The first-order valence-corrected chi connectivity index (χ1v) is 29.9. The highest BCUT2D eigenvalue weighted by atomic mass is 15.0. The first kappa shape index (κ1) is 53.3. The minimum atomic E-state index is 0.553. The van der Waals surface area contributed by atoms with Crippen molar-refractivity contribution >= 4 is 87.2 Å². The monoisotopic (exact) mass is 1180 g/mol. The second kappa shape index (κ2) is 22.6. The maximum Gasteiger partial charge on any atom is 0.181 e. The van der Waals surface area contributed by atoms with Crippen molar-refractivity contribution in [3.05, 3.63) is 281 Å². The molecule has 18 rings (SSSR count). The Hall–Kier alpha value is -12.9. The van der Waals surface area contributed by atoms with Crippen LogP contribution in [0.15, 0.2) is 281 Å². The zero-order chi connectivity index (χ0) is 60.9. The molecule has 0 bridgehead atoms. The molecule has 0 unspecified atom stereocenters. The molecule has 8 aromatic carbocycles. The van der Waals surface area contributed by atoms with E-state index in [1.54, 1.807) is 0 Å². The molecule has 0 atom stereocenters. The molecule has 0 aliphatic rings. The van der Waals surface area contributed by atoms with E-state index < -0.39 is 0 Å². The molecule has 14 nitrogen and oxygen atoms in total. The first-order valence-electron chi connectivity index (χ1n) is 29.9. The van der Waals surface area contributed by atoms with Gasteiger partial charge >= 0.3 is 0 Å². The van der Waals surface area contributed by atoms with Crippen molar-refractivity contribution in [1.29, 1.82) is 0 Å². The summed E-state index contributed by atoms with van der Waals surface area (Å²) in [5.74, 6) is 1.11. The second-order valence-corrected chi connectivity index (χ2v) is 22.3. The van der Waals surface area contributed by atoms with E-state index in [1.807, 2.05) is 67.3 Å². The van der Waals surface area contributed by atoms with Crippen LogP contribution in [0.3, 0.4) is 0 Å². The van der Waals surface area contributed by atoms with E-state index in [9.17, 15) is 0 Å². The number of benzene rings is 8. The van der Waals surface area contributed by atoms with Crippen LogP contribution in [0, 0.1) is 0 Å². The second-order valence-electron chi connectivity index (χ2n) is 22.3. The van der Waals surface area contributed by atoms with Crippen molar-refractivity contribution in [2.45, 2.75) is 0 Å².